The van der Waals surface area contributed by atoms with Crippen molar-refractivity contribution in [2.45, 2.75) is 26.9 Å². The molecule has 2 N–H and O–H groups in total. The average molecular weight is 209 g/mol. The highest BCUT2D eigenvalue weighted by atomic mass is 16.3. The molecule has 0 spiro atoms. The maximum atomic E-state index is 11.4. The average Bonchev–Trinajstić information content (AvgIpc) is 2.20. The standard InChI is InChI=1S/C10H15N3O2/c1-6(2)9(14)10(15)13-8-5-11-7(3)4-12-8/h4-6,9,14H,1-3H3,(H,12,13,15)/t9-/m0/s1. The fourth-order valence-electron chi connectivity index (χ4n) is 0.960. The van der Waals surface area contributed by atoms with Gasteiger partial charge in [0.2, 0.25) is 0 Å². The van der Waals surface area contributed by atoms with Crippen LogP contribution in [0.2, 0.25) is 0 Å². The Morgan fingerprint density at radius 3 is 2.53 bits per heavy atom. The third-order valence-corrected chi connectivity index (χ3v) is 1.93. The summed E-state index contributed by atoms with van der Waals surface area (Å²) >= 11 is 0. The lowest BCUT2D eigenvalue weighted by atomic mass is 10.1. The van der Waals surface area contributed by atoms with E-state index in [9.17, 15) is 9.90 Å². The molecule has 1 heterocycles. The summed E-state index contributed by atoms with van der Waals surface area (Å²) in [5.41, 5.74) is 0.775. The molecule has 0 aliphatic rings. The minimum Gasteiger partial charge on any atom is -0.383 e. The van der Waals surface area contributed by atoms with E-state index in [0.717, 1.165) is 5.69 Å². The number of aliphatic hydroxyl groups is 1. The molecule has 0 unspecified atom stereocenters. The lowest BCUT2D eigenvalue weighted by molar-refractivity contribution is -0.125. The molecule has 5 heteroatoms. The summed E-state index contributed by atoms with van der Waals surface area (Å²) < 4.78 is 0. The Morgan fingerprint density at radius 1 is 1.40 bits per heavy atom. The van der Waals surface area contributed by atoms with Crippen molar-refractivity contribution < 1.29 is 9.90 Å². The maximum Gasteiger partial charge on any atom is 0.254 e. The highest BCUT2D eigenvalue weighted by Gasteiger charge is 2.18. The number of nitrogens with one attached hydrogen (secondary N) is 1. The van der Waals surface area contributed by atoms with Crippen LogP contribution in [0.4, 0.5) is 5.82 Å². The number of aromatic nitrogens is 2. The first-order chi connectivity index (χ1) is 7.00. The molecule has 1 aromatic heterocycles. The minimum absolute atomic E-state index is 0.122. The van der Waals surface area contributed by atoms with Crippen LogP contribution in [0.15, 0.2) is 12.4 Å². The highest BCUT2D eigenvalue weighted by molar-refractivity contribution is 5.93. The number of anilines is 1. The summed E-state index contributed by atoms with van der Waals surface area (Å²) in [6.45, 7) is 5.34. The summed E-state index contributed by atoms with van der Waals surface area (Å²) in [5, 5.41) is 11.9. The third kappa shape index (κ3) is 3.28. The molecular weight excluding hydrogens is 194 g/mol. The van der Waals surface area contributed by atoms with Crippen LogP contribution in [0.1, 0.15) is 19.5 Å². The van der Waals surface area contributed by atoms with Crippen LogP contribution < -0.4 is 5.32 Å². The van der Waals surface area contributed by atoms with Gasteiger partial charge in [-0.05, 0) is 12.8 Å². The van der Waals surface area contributed by atoms with E-state index in [0.29, 0.717) is 5.82 Å². The predicted octanol–water partition coefficient (Wildman–Crippen LogP) is 0.740. The normalized spacial score (nSPS) is 12.6. The van der Waals surface area contributed by atoms with Gasteiger partial charge in [0.25, 0.3) is 5.91 Å². The van der Waals surface area contributed by atoms with Gasteiger partial charge >= 0.3 is 0 Å². The fraction of sp³-hybridized carbons (Fsp3) is 0.500. The number of hydrogen-bond acceptors (Lipinski definition) is 4. The first-order valence-electron chi connectivity index (χ1n) is 4.78. The van der Waals surface area contributed by atoms with E-state index < -0.39 is 12.0 Å². The van der Waals surface area contributed by atoms with E-state index in [1.165, 1.54) is 6.20 Å². The number of aliphatic hydroxyl groups excluding tert-OH is 1. The first-order valence-corrected chi connectivity index (χ1v) is 4.78. The van der Waals surface area contributed by atoms with Crippen molar-refractivity contribution in [1.82, 2.24) is 9.97 Å². The lowest BCUT2D eigenvalue weighted by Gasteiger charge is -2.13. The molecule has 0 aromatic carbocycles. The molecule has 5 nitrogen and oxygen atoms in total. The van der Waals surface area contributed by atoms with Crippen LogP contribution in [0, 0.1) is 12.8 Å². The van der Waals surface area contributed by atoms with Crippen molar-refractivity contribution in [3.8, 4) is 0 Å². The smallest absolute Gasteiger partial charge is 0.254 e. The number of hydrogen-bond donors (Lipinski definition) is 2. The zero-order chi connectivity index (χ0) is 11.4. The van der Waals surface area contributed by atoms with Crippen molar-refractivity contribution in [1.29, 1.82) is 0 Å². The summed E-state index contributed by atoms with van der Waals surface area (Å²) in [4.78, 5) is 19.3. The van der Waals surface area contributed by atoms with E-state index in [4.69, 9.17) is 0 Å². The second-order valence-electron chi connectivity index (χ2n) is 3.72. The van der Waals surface area contributed by atoms with Gasteiger partial charge < -0.3 is 10.4 Å². The van der Waals surface area contributed by atoms with Crippen LogP contribution in [0.5, 0.6) is 0 Å². The molecule has 15 heavy (non-hydrogen) atoms. The molecule has 0 saturated carbocycles. The zero-order valence-electron chi connectivity index (χ0n) is 9.06. The number of amides is 1. The molecule has 0 saturated heterocycles. The van der Waals surface area contributed by atoms with E-state index in [1.807, 2.05) is 6.92 Å². The van der Waals surface area contributed by atoms with Gasteiger partial charge in [0.1, 0.15) is 6.10 Å². The Labute approximate surface area is 88.6 Å². The fourth-order valence-corrected chi connectivity index (χ4v) is 0.960. The predicted molar refractivity (Wildman–Crippen MR) is 56.2 cm³/mol. The lowest BCUT2D eigenvalue weighted by Crippen LogP contribution is -2.32. The Morgan fingerprint density at radius 2 is 2.07 bits per heavy atom. The molecular formula is C10H15N3O2. The molecule has 0 radical (unpaired) electrons. The Hall–Kier alpha value is -1.49. The SMILES string of the molecule is Cc1cnc(NC(=O)[C@@H](O)C(C)C)cn1. The summed E-state index contributed by atoms with van der Waals surface area (Å²) in [5.74, 6) is -0.225. The molecule has 1 amide bonds. The highest BCUT2D eigenvalue weighted by Crippen LogP contribution is 2.05. The second kappa shape index (κ2) is 4.84. The van der Waals surface area contributed by atoms with Crippen molar-refractivity contribution in [3.05, 3.63) is 18.1 Å². The first kappa shape index (κ1) is 11.6. The van der Waals surface area contributed by atoms with Crippen molar-refractivity contribution in [2.24, 2.45) is 5.92 Å². The number of nitrogens with zero attached hydrogens (tertiary/aromatic N) is 2. The Kier molecular flexibility index (Phi) is 3.74. The van der Waals surface area contributed by atoms with Gasteiger partial charge in [-0.25, -0.2) is 4.98 Å². The number of rotatable bonds is 3. The molecule has 0 aliphatic carbocycles. The van der Waals surface area contributed by atoms with Gasteiger partial charge in [-0.2, -0.15) is 0 Å². The monoisotopic (exact) mass is 209 g/mol. The van der Waals surface area contributed by atoms with Gasteiger partial charge in [-0.1, -0.05) is 13.8 Å². The summed E-state index contributed by atoms with van der Waals surface area (Å²) in [6.07, 6.45) is 1.99. The molecule has 0 fully saturated rings. The molecule has 82 valence electrons. The summed E-state index contributed by atoms with van der Waals surface area (Å²) in [6, 6.07) is 0. The van der Waals surface area contributed by atoms with E-state index in [-0.39, 0.29) is 5.92 Å². The molecule has 0 bridgehead atoms. The van der Waals surface area contributed by atoms with Crippen LogP contribution >= 0.6 is 0 Å². The topological polar surface area (TPSA) is 75.1 Å². The van der Waals surface area contributed by atoms with E-state index >= 15 is 0 Å². The molecule has 1 rings (SSSR count). The number of carbonyl (C=O) groups excluding carboxylic acids is 1. The third-order valence-electron chi connectivity index (χ3n) is 1.93. The van der Waals surface area contributed by atoms with Gasteiger partial charge in [0, 0.05) is 0 Å². The van der Waals surface area contributed by atoms with Crippen molar-refractivity contribution in [2.75, 3.05) is 5.32 Å². The number of aryl methyl sites for hydroxylation is 1. The van der Waals surface area contributed by atoms with E-state index in [1.54, 1.807) is 20.0 Å². The molecule has 0 aliphatic heterocycles. The van der Waals surface area contributed by atoms with Crippen molar-refractivity contribution >= 4 is 11.7 Å². The number of carbonyl (C=O) groups is 1. The summed E-state index contributed by atoms with van der Waals surface area (Å²) in [7, 11) is 0. The van der Waals surface area contributed by atoms with Crippen LogP contribution in [-0.4, -0.2) is 27.1 Å². The van der Waals surface area contributed by atoms with Gasteiger partial charge in [-0.3, -0.25) is 9.78 Å². The van der Waals surface area contributed by atoms with Gasteiger partial charge in [0.05, 0.1) is 18.1 Å². The molecule has 1 aromatic rings. The van der Waals surface area contributed by atoms with Crippen LogP contribution in [-0.2, 0) is 4.79 Å². The largest absolute Gasteiger partial charge is 0.383 e. The van der Waals surface area contributed by atoms with Crippen LogP contribution in [0.25, 0.3) is 0 Å². The van der Waals surface area contributed by atoms with E-state index in [2.05, 4.69) is 15.3 Å². The maximum absolute atomic E-state index is 11.4. The van der Waals surface area contributed by atoms with Gasteiger partial charge in [-0.15, -0.1) is 0 Å². The Balaban J connectivity index is 2.62. The second-order valence-corrected chi connectivity index (χ2v) is 3.72. The van der Waals surface area contributed by atoms with Crippen molar-refractivity contribution in [3.63, 3.8) is 0 Å². The molecule has 1 atom stereocenters. The van der Waals surface area contributed by atoms with Gasteiger partial charge in [0.15, 0.2) is 5.82 Å². The minimum atomic E-state index is -1.02. The zero-order valence-corrected chi connectivity index (χ0v) is 9.06. The quantitative estimate of drug-likeness (QED) is 0.770. The Bertz CT molecular complexity index is 335. The van der Waals surface area contributed by atoms with Crippen LogP contribution in [0.3, 0.4) is 0 Å².